The molecule has 7 nitrogen and oxygen atoms in total. The van der Waals surface area contributed by atoms with Crippen molar-refractivity contribution >= 4 is 23.2 Å². The predicted octanol–water partition coefficient (Wildman–Crippen LogP) is 6.23. The van der Waals surface area contributed by atoms with E-state index in [2.05, 4.69) is 5.32 Å². The van der Waals surface area contributed by atoms with Crippen LogP contribution >= 0.6 is 0 Å². The summed E-state index contributed by atoms with van der Waals surface area (Å²) in [4.78, 5) is 29.8. The number of amides is 2. The van der Waals surface area contributed by atoms with Crippen LogP contribution in [-0.2, 0) is 4.79 Å². The van der Waals surface area contributed by atoms with Crippen molar-refractivity contribution in [3.05, 3.63) is 114 Å². The minimum absolute atomic E-state index is 0.179. The van der Waals surface area contributed by atoms with E-state index in [-0.39, 0.29) is 11.8 Å². The molecule has 2 amide bonds. The van der Waals surface area contributed by atoms with Gasteiger partial charge >= 0.3 is 0 Å². The summed E-state index contributed by atoms with van der Waals surface area (Å²) in [5, 5.41) is 3.07. The van der Waals surface area contributed by atoms with E-state index in [1.54, 1.807) is 25.2 Å². The van der Waals surface area contributed by atoms with Gasteiger partial charge in [0.2, 0.25) is 5.91 Å². The fourth-order valence-corrected chi connectivity index (χ4v) is 5.01. The molecule has 4 aromatic rings. The number of carbonyl (C=O) groups excluding carboxylic acids is 2. The highest BCUT2D eigenvalue weighted by Gasteiger charge is 2.45. The zero-order chi connectivity index (χ0) is 27.4. The lowest BCUT2D eigenvalue weighted by molar-refractivity contribution is -0.118. The van der Waals surface area contributed by atoms with E-state index < -0.39 is 12.0 Å². The summed E-state index contributed by atoms with van der Waals surface area (Å²) in [6, 6.07) is 28.7. The number of nitrogens with one attached hydrogen (secondary N) is 1. The van der Waals surface area contributed by atoms with Crippen molar-refractivity contribution in [3.63, 3.8) is 0 Å². The van der Waals surface area contributed by atoms with Gasteiger partial charge in [0.05, 0.1) is 32.8 Å². The van der Waals surface area contributed by atoms with E-state index in [1.165, 1.54) is 0 Å². The Labute approximate surface area is 227 Å². The number of anilines is 2. The Hall–Kier alpha value is -4.78. The third-order valence-corrected chi connectivity index (χ3v) is 6.86. The molecule has 1 N–H and O–H groups in total. The van der Waals surface area contributed by atoms with E-state index in [0.29, 0.717) is 40.6 Å². The average Bonchev–Trinajstić information content (AvgIpc) is 2.98. The first-order valence-corrected chi connectivity index (χ1v) is 12.8. The molecule has 0 radical (unpaired) electrons. The Morgan fingerprint density at radius 3 is 2.00 bits per heavy atom. The molecule has 0 saturated carbocycles. The smallest absolute Gasteiger partial charge is 0.259 e. The zero-order valence-corrected chi connectivity index (χ0v) is 22.1. The van der Waals surface area contributed by atoms with Gasteiger partial charge in [-0.3, -0.25) is 14.5 Å². The van der Waals surface area contributed by atoms with E-state index in [1.807, 2.05) is 97.9 Å². The van der Waals surface area contributed by atoms with Crippen LogP contribution in [0.2, 0.25) is 0 Å². The van der Waals surface area contributed by atoms with E-state index in [0.717, 1.165) is 11.3 Å². The SMILES string of the molecule is CCOc1ccc(NC(=O)[C@@H]2c3ccccc3C(=O)N(c3ccc(OC)cc3)[C@H]2c2ccc(OC)cc2)cc1. The Balaban J connectivity index is 1.63. The minimum atomic E-state index is -0.694. The second kappa shape index (κ2) is 11.3. The van der Waals surface area contributed by atoms with Gasteiger partial charge in [-0.15, -0.1) is 0 Å². The molecule has 7 heteroatoms. The van der Waals surface area contributed by atoms with Crippen molar-refractivity contribution in [1.82, 2.24) is 0 Å². The van der Waals surface area contributed by atoms with Gasteiger partial charge in [0, 0.05) is 16.9 Å². The van der Waals surface area contributed by atoms with Crippen molar-refractivity contribution in [3.8, 4) is 17.2 Å². The third kappa shape index (κ3) is 5.16. The molecule has 5 rings (SSSR count). The molecule has 0 spiro atoms. The fraction of sp³-hybridized carbons (Fsp3) is 0.188. The second-order valence-corrected chi connectivity index (χ2v) is 9.10. The number of nitrogens with zero attached hydrogens (tertiary/aromatic N) is 1. The predicted molar refractivity (Wildman–Crippen MR) is 151 cm³/mol. The molecule has 39 heavy (non-hydrogen) atoms. The summed E-state index contributed by atoms with van der Waals surface area (Å²) in [5.74, 6) is 0.995. The quantitative estimate of drug-likeness (QED) is 0.297. The summed E-state index contributed by atoms with van der Waals surface area (Å²) in [6.45, 7) is 2.48. The largest absolute Gasteiger partial charge is 0.497 e. The second-order valence-electron chi connectivity index (χ2n) is 9.10. The lowest BCUT2D eigenvalue weighted by Gasteiger charge is -2.42. The molecule has 0 fully saturated rings. The molecule has 1 aliphatic rings. The highest BCUT2D eigenvalue weighted by atomic mass is 16.5. The van der Waals surface area contributed by atoms with Crippen molar-refractivity contribution < 1.29 is 23.8 Å². The van der Waals surface area contributed by atoms with Crippen LogP contribution in [0.4, 0.5) is 11.4 Å². The number of fused-ring (bicyclic) bond motifs is 1. The molecule has 2 atom stereocenters. The number of methoxy groups -OCH3 is 2. The molecule has 0 aliphatic carbocycles. The molecule has 0 saturated heterocycles. The maximum absolute atomic E-state index is 14.1. The molecule has 0 unspecified atom stereocenters. The van der Waals surface area contributed by atoms with Gasteiger partial charge in [0.15, 0.2) is 0 Å². The van der Waals surface area contributed by atoms with Gasteiger partial charge in [-0.05, 0) is 84.8 Å². The topological polar surface area (TPSA) is 77.1 Å². The summed E-state index contributed by atoms with van der Waals surface area (Å²) in [6.07, 6.45) is 0. The standard InChI is InChI=1S/C32H30N2O5/c1-4-39-26-17-11-22(12-18-26)33-31(35)29-27-7-5-6-8-28(27)32(36)34(23-13-19-25(38-3)20-14-23)30(29)21-9-15-24(37-2)16-10-21/h5-20,29-30H,4H2,1-3H3,(H,33,35)/t29-,30+/m1/s1. The fourth-order valence-electron chi connectivity index (χ4n) is 5.01. The molecule has 0 bridgehead atoms. The highest BCUT2D eigenvalue weighted by Crippen LogP contribution is 2.46. The average molecular weight is 523 g/mol. The first-order chi connectivity index (χ1) is 19.0. The Bertz CT molecular complexity index is 1450. The van der Waals surface area contributed by atoms with Gasteiger partial charge in [0.25, 0.3) is 5.91 Å². The van der Waals surface area contributed by atoms with Crippen LogP contribution in [0, 0.1) is 0 Å². The molecule has 0 aromatic heterocycles. The number of ether oxygens (including phenoxy) is 3. The Morgan fingerprint density at radius 2 is 1.38 bits per heavy atom. The van der Waals surface area contributed by atoms with E-state index in [4.69, 9.17) is 14.2 Å². The van der Waals surface area contributed by atoms with Crippen molar-refractivity contribution in [2.24, 2.45) is 0 Å². The minimum Gasteiger partial charge on any atom is -0.497 e. The van der Waals surface area contributed by atoms with Crippen LogP contribution in [0.1, 0.15) is 40.4 Å². The van der Waals surface area contributed by atoms with Crippen molar-refractivity contribution in [2.45, 2.75) is 18.9 Å². The van der Waals surface area contributed by atoms with Gasteiger partial charge in [-0.1, -0.05) is 30.3 Å². The Kier molecular flexibility index (Phi) is 7.50. The molecule has 1 aliphatic heterocycles. The van der Waals surface area contributed by atoms with Crippen molar-refractivity contribution in [2.75, 3.05) is 31.0 Å². The van der Waals surface area contributed by atoms with Gasteiger partial charge in [0.1, 0.15) is 17.2 Å². The van der Waals surface area contributed by atoms with Crippen LogP contribution in [0.25, 0.3) is 0 Å². The summed E-state index contributed by atoms with van der Waals surface area (Å²) in [7, 11) is 3.20. The van der Waals surface area contributed by atoms with Crippen molar-refractivity contribution in [1.29, 1.82) is 0 Å². The molecular formula is C32H30N2O5. The molecule has 4 aromatic carbocycles. The first-order valence-electron chi connectivity index (χ1n) is 12.8. The maximum atomic E-state index is 14.1. The van der Waals surface area contributed by atoms with Gasteiger partial charge in [-0.25, -0.2) is 0 Å². The maximum Gasteiger partial charge on any atom is 0.259 e. The first kappa shape index (κ1) is 25.9. The lowest BCUT2D eigenvalue weighted by atomic mass is 9.78. The highest BCUT2D eigenvalue weighted by molar-refractivity contribution is 6.12. The van der Waals surface area contributed by atoms with Crippen LogP contribution in [0.3, 0.4) is 0 Å². The monoisotopic (exact) mass is 522 g/mol. The summed E-state index contributed by atoms with van der Waals surface area (Å²) >= 11 is 0. The van der Waals surface area contributed by atoms with E-state index in [9.17, 15) is 9.59 Å². The normalized spacial score (nSPS) is 16.3. The zero-order valence-electron chi connectivity index (χ0n) is 22.1. The number of benzene rings is 4. The molecule has 1 heterocycles. The van der Waals surface area contributed by atoms with Crippen LogP contribution in [0.15, 0.2) is 97.1 Å². The number of hydrogen-bond acceptors (Lipinski definition) is 5. The number of carbonyl (C=O) groups is 2. The summed E-state index contributed by atoms with van der Waals surface area (Å²) < 4.78 is 16.2. The van der Waals surface area contributed by atoms with Crippen LogP contribution < -0.4 is 24.4 Å². The number of rotatable bonds is 8. The number of hydrogen-bond donors (Lipinski definition) is 1. The van der Waals surface area contributed by atoms with Gasteiger partial charge < -0.3 is 19.5 Å². The Morgan fingerprint density at radius 1 is 0.795 bits per heavy atom. The lowest BCUT2D eigenvalue weighted by Crippen LogP contribution is -2.46. The van der Waals surface area contributed by atoms with Crippen LogP contribution in [-0.4, -0.2) is 32.6 Å². The summed E-state index contributed by atoms with van der Waals surface area (Å²) in [5.41, 5.74) is 3.28. The van der Waals surface area contributed by atoms with E-state index >= 15 is 0 Å². The molecule has 198 valence electrons. The third-order valence-electron chi connectivity index (χ3n) is 6.86. The molecular weight excluding hydrogens is 492 g/mol. The van der Waals surface area contributed by atoms with Crippen LogP contribution in [0.5, 0.6) is 17.2 Å². The van der Waals surface area contributed by atoms with Gasteiger partial charge in [-0.2, -0.15) is 0 Å².